The molecule has 0 aromatic carbocycles. The van der Waals surface area contributed by atoms with Crippen molar-refractivity contribution in [1.29, 1.82) is 0 Å². The Hall–Kier alpha value is -0.940. The van der Waals surface area contributed by atoms with Crippen molar-refractivity contribution in [3.8, 4) is 0 Å². The molecule has 0 spiro atoms. The minimum atomic E-state index is -0.514. The fourth-order valence-electron chi connectivity index (χ4n) is 1.82. The highest BCUT2D eigenvalue weighted by atomic mass is 16.7. The fraction of sp³-hybridized carbons (Fsp3) is 0.778. The second kappa shape index (κ2) is 3.33. The van der Waals surface area contributed by atoms with E-state index in [1.165, 1.54) is 19.1 Å². The Balaban J connectivity index is 1.98. The van der Waals surface area contributed by atoms with E-state index in [1.807, 2.05) is 0 Å². The lowest BCUT2D eigenvalue weighted by Gasteiger charge is -2.21. The smallest absolute Gasteiger partial charge is 0.233 e. The third kappa shape index (κ3) is 1.33. The van der Waals surface area contributed by atoms with Crippen molar-refractivity contribution >= 4 is 11.8 Å². The number of nitrogens with zero attached hydrogens (tertiary/aromatic N) is 1. The van der Waals surface area contributed by atoms with Crippen molar-refractivity contribution in [3.63, 3.8) is 0 Å². The highest BCUT2D eigenvalue weighted by Gasteiger charge is 2.58. The van der Waals surface area contributed by atoms with Gasteiger partial charge in [-0.3, -0.25) is 14.5 Å². The van der Waals surface area contributed by atoms with Crippen LogP contribution in [0.4, 0.5) is 0 Å². The van der Waals surface area contributed by atoms with E-state index in [-0.39, 0.29) is 30.2 Å². The normalized spacial score (nSPS) is 30.1. The first kappa shape index (κ1) is 9.61. The zero-order chi connectivity index (χ0) is 10.3. The first-order valence-corrected chi connectivity index (χ1v) is 4.60. The summed E-state index contributed by atoms with van der Waals surface area (Å²) < 4.78 is 9.88. The first-order chi connectivity index (χ1) is 6.69. The number of likely N-dealkylation sites (tertiary alicyclic amines) is 1. The van der Waals surface area contributed by atoms with Crippen LogP contribution in [0.15, 0.2) is 0 Å². The maximum atomic E-state index is 11.5. The lowest BCUT2D eigenvalue weighted by atomic mass is 10.4. The van der Waals surface area contributed by atoms with E-state index >= 15 is 0 Å². The summed E-state index contributed by atoms with van der Waals surface area (Å²) in [5, 5.41) is 0. The summed E-state index contributed by atoms with van der Waals surface area (Å²) in [6, 6.07) is 0. The summed E-state index contributed by atoms with van der Waals surface area (Å²) in [5.41, 5.74) is 0. The fourth-order valence-corrected chi connectivity index (χ4v) is 1.82. The second-order valence-corrected chi connectivity index (χ2v) is 3.64. The number of hydrogen-bond donors (Lipinski definition) is 0. The number of ether oxygens (including phenoxy) is 2. The lowest BCUT2D eigenvalue weighted by molar-refractivity contribution is -0.154. The number of fused-ring (bicyclic) bond motifs is 1. The van der Waals surface area contributed by atoms with Crippen molar-refractivity contribution in [3.05, 3.63) is 0 Å². The Kier molecular flexibility index (Phi) is 2.28. The van der Waals surface area contributed by atoms with Crippen LogP contribution in [0.25, 0.3) is 0 Å². The predicted octanol–water partition coefficient (Wildman–Crippen LogP) is -0.390. The lowest BCUT2D eigenvalue weighted by Crippen LogP contribution is -2.40. The van der Waals surface area contributed by atoms with E-state index in [9.17, 15) is 9.59 Å². The van der Waals surface area contributed by atoms with E-state index in [1.54, 1.807) is 0 Å². The summed E-state index contributed by atoms with van der Waals surface area (Å²) in [5.74, 6) is -0.230. The first-order valence-electron chi connectivity index (χ1n) is 4.60. The van der Waals surface area contributed by atoms with Gasteiger partial charge in [0.05, 0.1) is 18.4 Å². The molecule has 1 saturated carbocycles. The van der Waals surface area contributed by atoms with E-state index in [2.05, 4.69) is 0 Å². The Morgan fingerprint density at radius 3 is 2.21 bits per heavy atom. The van der Waals surface area contributed by atoms with Crippen molar-refractivity contribution < 1.29 is 19.1 Å². The number of hydrogen-bond acceptors (Lipinski definition) is 4. The Morgan fingerprint density at radius 1 is 1.29 bits per heavy atom. The van der Waals surface area contributed by atoms with Gasteiger partial charge < -0.3 is 9.47 Å². The number of imide groups is 1. The average Bonchev–Trinajstić information content (AvgIpc) is 2.93. The van der Waals surface area contributed by atoms with Crippen LogP contribution in [0.5, 0.6) is 0 Å². The molecular weight excluding hydrogens is 186 g/mol. The second-order valence-electron chi connectivity index (χ2n) is 3.64. The molecule has 0 aromatic heterocycles. The molecule has 2 fully saturated rings. The van der Waals surface area contributed by atoms with Crippen LogP contribution < -0.4 is 0 Å². The zero-order valence-corrected chi connectivity index (χ0v) is 8.23. The van der Waals surface area contributed by atoms with E-state index < -0.39 is 6.29 Å². The topological polar surface area (TPSA) is 55.8 Å². The minimum Gasteiger partial charge on any atom is -0.354 e. The summed E-state index contributed by atoms with van der Waals surface area (Å²) in [4.78, 5) is 24.3. The Labute approximate surface area is 82.0 Å². The molecule has 2 aliphatic rings. The van der Waals surface area contributed by atoms with Gasteiger partial charge in [0.15, 0.2) is 6.29 Å². The highest BCUT2D eigenvalue weighted by Crippen LogP contribution is 2.46. The van der Waals surface area contributed by atoms with Gasteiger partial charge >= 0.3 is 0 Å². The molecule has 2 amide bonds. The molecule has 1 aliphatic heterocycles. The molecule has 78 valence electrons. The molecule has 1 saturated heterocycles. The van der Waals surface area contributed by atoms with Gasteiger partial charge in [0, 0.05) is 14.2 Å². The molecule has 5 nitrogen and oxygen atoms in total. The van der Waals surface area contributed by atoms with Gasteiger partial charge in [0.2, 0.25) is 11.8 Å². The van der Waals surface area contributed by atoms with Crippen LogP contribution in [0.1, 0.15) is 6.42 Å². The zero-order valence-electron chi connectivity index (χ0n) is 8.23. The summed E-state index contributed by atoms with van der Waals surface area (Å²) in [6.07, 6.45) is 0.221. The van der Waals surface area contributed by atoms with Gasteiger partial charge in [-0.15, -0.1) is 0 Å². The third-order valence-electron chi connectivity index (χ3n) is 2.81. The maximum Gasteiger partial charge on any atom is 0.233 e. The molecule has 0 aromatic rings. The number of carbonyl (C=O) groups excluding carboxylic acids is 2. The maximum absolute atomic E-state index is 11.5. The standard InChI is InChI=1S/C9H13NO4/c1-13-7(14-2)4-10-8(11)5-3-6(5)9(10)12/h5-7H,3-4H2,1-2H3. The molecule has 5 heteroatoms. The molecular formula is C9H13NO4. The van der Waals surface area contributed by atoms with E-state index in [4.69, 9.17) is 9.47 Å². The van der Waals surface area contributed by atoms with Crippen molar-refractivity contribution in [1.82, 2.24) is 4.90 Å². The van der Waals surface area contributed by atoms with Crippen LogP contribution in [0.3, 0.4) is 0 Å². The van der Waals surface area contributed by atoms with Gasteiger partial charge in [0.1, 0.15) is 0 Å². The van der Waals surface area contributed by atoms with Crippen LogP contribution in [-0.2, 0) is 19.1 Å². The highest BCUT2D eigenvalue weighted by molar-refractivity contribution is 6.08. The SMILES string of the molecule is COC(CN1C(=O)C2CC2C1=O)OC. The largest absolute Gasteiger partial charge is 0.354 e. The van der Waals surface area contributed by atoms with E-state index in [0.29, 0.717) is 0 Å². The number of methoxy groups -OCH3 is 2. The van der Waals surface area contributed by atoms with Gasteiger partial charge in [-0.05, 0) is 6.42 Å². The van der Waals surface area contributed by atoms with Crippen molar-refractivity contribution in [2.75, 3.05) is 20.8 Å². The number of amides is 2. The monoisotopic (exact) mass is 199 g/mol. The quantitative estimate of drug-likeness (QED) is 0.457. The molecule has 2 unspecified atom stereocenters. The van der Waals surface area contributed by atoms with Crippen molar-refractivity contribution in [2.45, 2.75) is 12.7 Å². The summed E-state index contributed by atoms with van der Waals surface area (Å²) >= 11 is 0. The molecule has 2 atom stereocenters. The molecule has 0 N–H and O–H groups in total. The Bertz CT molecular complexity index is 254. The molecule has 2 rings (SSSR count). The van der Waals surface area contributed by atoms with Gasteiger partial charge in [-0.2, -0.15) is 0 Å². The Morgan fingerprint density at radius 2 is 1.79 bits per heavy atom. The van der Waals surface area contributed by atoms with E-state index in [0.717, 1.165) is 6.42 Å². The van der Waals surface area contributed by atoms with Crippen LogP contribution in [0, 0.1) is 11.8 Å². The number of piperidine rings is 1. The van der Waals surface area contributed by atoms with Crippen LogP contribution >= 0.6 is 0 Å². The molecule has 0 radical (unpaired) electrons. The van der Waals surface area contributed by atoms with Crippen LogP contribution in [-0.4, -0.2) is 43.8 Å². The predicted molar refractivity (Wildman–Crippen MR) is 46.1 cm³/mol. The average molecular weight is 199 g/mol. The summed E-state index contributed by atoms with van der Waals surface area (Å²) in [6.45, 7) is 0.206. The molecule has 14 heavy (non-hydrogen) atoms. The molecule has 0 bridgehead atoms. The van der Waals surface area contributed by atoms with Crippen LogP contribution in [0.2, 0.25) is 0 Å². The number of carbonyl (C=O) groups is 2. The molecule has 1 aliphatic carbocycles. The summed E-state index contributed by atoms with van der Waals surface area (Å²) in [7, 11) is 2.97. The third-order valence-corrected chi connectivity index (χ3v) is 2.81. The van der Waals surface area contributed by atoms with Crippen molar-refractivity contribution in [2.24, 2.45) is 11.8 Å². The van der Waals surface area contributed by atoms with Gasteiger partial charge in [0.25, 0.3) is 0 Å². The number of rotatable bonds is 4. The minimum absolute atomic E-state index is 0.0446. The van der Waals surface area contributed by atoms with Gasteiger partial charge in [-0.1, -0.05) is 0 Å². The molecule has 1 heterocycles. The van der Waals surface area contributed by atoms with Gasteiger partial charge in [-0.25, -0.2) is 0 Å².